The van der Waals surface area contributed by atoms with Gasteiger partial charge in [0.15, 0.2) is 5.96 Å². The van der Waals surface area contributed by atoms with Crippen LogP contribution in [0.1, 0.15) is 25.8 Å². The summed E-state index contributed by atoms with van der Waals surface area (Å²) in [4.78, 5) is 6.76. The van der Waals surface area contributed by atoms with Gasteiger partial charge in [0.05, 0.1) is 20.8 Å². The van der Waals surface area contributed by atoms with Crippen LogP contribution >= 0.6 is 24.0 Å². The van der Waals surface area contributed by atoms with Gasteiger partial charge in [0.2, 0.25) is 0 Å². The SMILES string of the molecule is CN=C(NCCOCC(C)C)NC1CCN(Cc2cc(OC)cc(OC)c2)C1.I. The van der Waals surface area contributed by atoms with Gasteiger partial charge in [-0.2, -0.15) is 0 Å². The van der Waals surface area contributed by atoms with E-state index in [-0.39, 0.29) is 24.0 Å². The molecule has 1 saturated heterocycles. The molecule has 1 unspecified atom stereocenters. The summed E-state index contributed by atoms with van der Waals surface area (Å²) in [7, 11) is 5.17. The summed E-state index contributed by atoms with van der Waals surface area (Å²) in [5, 5.41) is 6.85. The summed E-state index contributed by atoms with van der Waals surface area (Å²) in [6.07, 6.45) is 1.09. The van der Waals surface area contributed by atoms with Gasteiger partial charge in [-0.3, -0.25) is 9.89 Å². The largest absolute Gasteiger partial charge is 0.497 e. The highest BCUT2D eigenvalue weighted by atomic mass is 127. The van der Waals surface area contributed by atoms with Crippen LogP contribution in [-0.2, 0) is 11.3 Å². The van der Waals surface area contributed by atoms with Gasteiger partial charge in [0.1, 0.15) is 11.5 Å². The van der Waals surface area contributed by atoms with Crippen molar-refractivity contribution < 1.29 is 14.2 Å². The molecule has 1 atom stereocenters. The molecule has 0 saturated carbocycles. The number of benzene rings is 1. The molecule has 0 amide bonds. The van der Waals surface area contributed by atoms with E-state index in [1.165, 1.54) is 5.56 Å². The van der Waals surface area contributed by atoms with E-state index in [1.54, 1.807) is 21.3 Å². The summed E-state index contributed by atoms with van der Waals surface area (Å²) < 4.78 is 16.4. The lowest BCUT2D eigenvalue weighted by molar-refractivity contribution is 0.114. The minimum absolute atomic E-state index is 0. The number of aliphatic imine (C=N–C) groups is 1. The zero-order valence-electron chi connectivity index (χ0n) is 18.4. The fraction of sp³-hybridized carbons (Fsp3) is 0.667. The van der Waals surface area contributed by atoms with Crippen molar-refractivity contribution in [1.82, 2.24) is 15.5 Å². The van der Waals surface area contributed by atoms with Crippen molar-refractivity contribution >= 4 is 29.9 Å². The number of nitrogens with zero attached hydrogens (tertiary/aromatic N) is 2. The number of likely N-dealkylation sites (tertiary alicyclic amines) is 1. The summed E-state index contributed by atoms with van der Waals surface area (Å²) >= 11 is 0. The smallest absolute Gasteiger partial charge is 0.191 e. The molecule has 7 nitrogen and oxygen atoms in total. The van der Waals surface area contributed by atoms with E-state index >= 15 is 0 Å². The highest BCUT2D eigenvalue weighted by Crippen LogP contribution is 2.24. The molecule has 166 valence electrons. The average Bonchev–Trinajstić information content (AvgIpc) is 3.12. The molecule has 0 spiro atoms. The molecule has 2 rings (SSSR count). The van der Waals surface area contributed by atoms with E-state index in [2.05, 4.69) is 46.5 Å². The molecule has 1 aromatic rings. The van der Waals surface area contributed by atoms with Gasteiger partial charge in [-0.1, -0.05) is 13.8 Å². The Kier molecular flexibility index (Phi) is 12.3. The van der Waals surface area contributed by atoms with Gasteiger partial charge >= 0.3 is 0 Å². The predicted octanol–water partition coefficient (Wildman–Crippen LogP) is 2.73. The van der Waals surface area contributed by atoms with Crippen LogP contribution in [-0.4, -0.2) is 71.0 Å². The molecule has 0 aromatic heterocycles. The van der Waals surface area contributed by atoms with Crippen LogP contribution in [0.2, 0.25) is 0 Å². The molecule has 29 heavy (non-hydrogen) atoms. The van der Waals surface area contributed by atoms with Crippen molar-refractivity contribution in [2.24, 2.45) is 10.9 Å². The Balaban J connectivity index is 0.00000420. The maximum atomic E-state index is 5.61. The van der Waals surface area contributed by atoms with Gasteiger partial charge in [0.25, 0.3) is 0 Å². The molecular formula is C21H37IN4O3. The van der Waals surface area contributed by atoms with E-state index in [0.717, 1.165) is 56.7 Å². The van der Waals surface area contributed by atoms with E-state index in [1.807, 2.05) is 6.07 Å². The maximum absolute atomic E-state index is 5.61. The Morgan fingerprint density at radius 1 is 1.21 bits per heavy atom. The lowest BCUT2D eigenvalue weighted by Gasteiger charge is -2.19. The summed E-state index contributed by atoms with van der Waals surface area (Å²) in [5.41, 5.74) is 1.20. The number of ether oxygens (including phenoxy) is 3. The second-order valence-electron chi connectivity index (χ2n) is 7.55. The molecule has 8 heteroatoms. The molecule has 1 aromatic carbocycles. The molecule has 0 bridgehead atoms. The number of guanidine groups is 1. The Labute approximate surface area is 192 Å². The summed E-state index contributed by atoms with van der Waals surface area (Å²) in [6.45, 7) is 9.44. The summed E-state index contributed by atoms with van der Waals surface area (Å²) in [6, 6.07) is 6.43. The molecule has 1 aliphatic heterocycles. The average molecular weight is 520 g/mol. The van der Waals surface area contributed by atoms with Crippen LogP contribution < -0.4 is 20.1 Å². The van der Waals surface area contributed by atoms with Crippen LogP contribution in [0.5, 0.6) is 11.5 Å². The first-order chi connectivity index (χ1) is 13.5. The Hall–Kier alpha value is -1.26. The normalized spacial score (nSPS) is 17.2. The van der Waals surface area contributed by atoms with E-state index < -0.39 is 0 Å². The number of methoxy groups -OCH3 is 2. The third-order valence-corrected chi connectivity index (χ3v) is 4.64. The monoisotopic (exact) mass is 520 g/mol. The Morgan fingerprint density at radius 3 is 2.48 bits per heavy atom. The second kappa shape index (κ2) is 13.9. The zero-order valence-corrected chi connectivity index (χ0v) is 20.7. The molecule has 0 aliphatic carbocycles. The minimum atomic E-state index is 0. The number of halogens is 1. The molecule has 1 fully saturated rings. The van der Waals surface area contributed by atoms with Gasteiger partial charge in [-0.05, 0) is 30.0 Å². The van der Waals surface area contributed by atoms with Crippen LogP contribution in [0.3, 0.4) is 0 Å². The molecule has 1 aliphatic rings. The predicted molar refractivity (Wildman–Crippen MR) is 129 cm³/mol. The standard InChI is InChI=1S/C21H36N4O3.HI/c1-16(2)15-28-9-7-23-21(22-3)24-18-6-8-25(14-18)13-17-10-19(26-4)12-20(11-17)27-5;/h10-12,16,18H,6-9,13-15H2,1-5H3,(H2,22,23,24);1H. The van der Waals surface area contributed by atoms with Crippen molar-refractivity contribution in [3.63, 3.8) is 0 Å². The van der Waals surface area contributed by atoms with Crippen molar-refractivity contribution in [1.29, 1.82) is 0 Å². The maximum Gasteiger partial charge on any atom is 0.191 e. The van der Waals surface area contributed by atoms with Crippen LogP contribution in [0.15, 0.2) is 23.2 Å². The van der Waals surface area contributed by atoms with E-state index in [4.69, 9.17) is 14.2 Å². The molecule has 2 N–H and O–H groups in total. The first-order valence-electron chi connectivity index (χ1n) is 10.0. The zero-order chi connectivity index (χ0) is 20.4. The number of hydrogen-bond donors (Lipinski definition) is 2. The topological polar surface area (TPSA) is 67.4 Å². The lowest BCUT2D eigenvalue weighted by atomic mass is 10.2. The molecular weight excluding hydrogens is 483 g/mol. The van der Waals surface area contributed by atoms with E-state index in [0.29, 0.717) is 18.6 Å². The minimum Gasteiger partial charge on any atom is -0.497 e. The molecule has 1 heterocycles. The highest BCUT2D eigenvalue weighted by molar-refractivity contribution is 14.0. The quantitative estimate of drug-likeness (QED) is 0.214. The van der Waals surface area contributed by atoms with Crippen molar-refractivity contribution in [3.8, 4) is 11.5 Å². The van der Waals surface area contributed by atoms with Crippen molar-refractivity contribution in [2.45, 2.75) is 32.9 Å². The Bertz CT molecular complexity index is 606. The van der Waals surface area contributed by atoms with Crippen molar-refractivity contribution in [3.05, 3.63) is 23.8 Å². The fourth-order valence-electron chi connectivity index (χ4n) is 3.26. The number of nitrogens with one attached hydrogen (secondary N) is 2. The third kappa shape index (κ3) is 9.39. The van der Waals surface area contributed by atoms with Gasteiger partial charge in [-0.25, -0.2) is 0 Å². The lowest BCUT2D eigenvalue weighted by Crippen LogP contribution is -2.45. The van der Waals surface area contributed by atoms with Crippen molar-refractivity contribution in [2.75, 3.05) is 54.1 Å². The number of rotatable bonds is 10. The summed E-state index contributed by atoms with van der Waals surface area (Å²) in [5.74, 6) is 3.05. The second-order valence-corrected chi connectivity index (χ2v) is 7.55. The number of hydrogen-bond acceptors (Lipinski definition) is 5. The van der Waals surface area contributed by atoms with Crippen LogP contribution in [0.4, 0.5) is 0 Å². The first kappa shape index (κ1) is 25.8. The molecule has 0 radical (unpaired) electrons. The highest BCUT2D eigenvalue weighted by Gasteiger charge is 2.23. The van der Waals surface area contributed by atoms with E-state index in [9.17, 15) is 0 Å². The third-order valence-electron chi connectivity index (χ3n) is 4.64. The van der Waals surface area contributed by atoms with Gasteiger partial charge in [0, 0.05) is 51.9 Å². The van der Waals surface area contributed by atoms with Crippen LogP contribution in [0.25, 0.3) is 0 Å². The van der Waals surface area contributed by atoms with Crippen LogP contribution in [0, 0.1) is 5.92 Å². The van der Waals surface area contributed by atoms with Gasteiger partial charge in [-0.15, -0.1) is 24.0 Å². The fourth-order valence-corrected chi connectivity index (χ4v) is 3.26. The van der Waals surface area contributed by atoms with Gasteiger partial charge < -0.3 is 24.8 Å². The first-order valence-corrected chi connectivity index (χ1v) is 10.0. The Morgan fingerprint density at radius 2 is 1.90 bits per heavy atom.